The number of hydrogen-bond donors (Lipinski definition) is 3. The molecule has 4 heteroatoms. The van der Waals surface area contributed by atoms with Gasteiger partial charge in [-0.2, -0.15) is 0 Å². The maximum atomic E-state index is 9.17. The normalized spacial score (nSPS) is 13.5. The van der Waals surface area contributed by atoms with Crippen molar-refractivity contribution in [3.8, 4) is 0 Å². The minimum atomic E-state index is -0.783. The summed E-state index contributed by atoms with van der Waals surface area (Å²) < 4.78 is 0. The highest BCUT2D eigenvalue weighted by atomic mass is 16.3. The summed E-state index contributed by atoms with van der Waals surface area (Å²) in [6.07, 6.45) is 0.569. The van der Waals surface area contributed by atoms with Crippen LogP contribution in [0, 0.1) is 0 Å². The third-order valence-electron chi connectivity index (χ3n) is 1.36. The molecular weight excluding hydrogens is 146 g/mol. The zero-order valence-corrected chi connectivity index (χ0v) is 6.48. The lowest BCUT2D eigenvalue weighted by Gasteiger charge is -2.23. The lowest BCUT2D eigenvalue weighted by molar-refractivity contribution is 0.0190. The second kappa shape index (κ2) is 6.30. The molecule has 66 valence electrons. The van der Waals surface area contributed by atoms with Gasteiger partial charge < -0.3 is 15.3 Å². The number of hydrogen-bond acceptors (Lipinski definition) is 4. The predicted molar refractivity (Wildman–Crippen MR) is 41.9 cm³/mol. The van der Waals surface area contributed by atoms with E-state index in [2.05, 4.69) is 6.58 Å². The van der Waals surface area contributed by atoms with Crippen LogP contribution in [0.1, 0.15) is 0 Å². The molecule has 11 heavy (non-hydrogen) atoms. The summed E-state index contributed by atoms with van der Waals surface area (Å²) in [4.78, 5) is 1.52. The second-order valence-corrected chi connectivity index (χ2v) is 2.13. The third-order valence-corrected chi connectivity index (χ3v) is 1.36. The van der Waals surface area contributed by atoms with E-state index in [0.717, 1.165) is 0 Å². The van der Waals surface area contributed by atoms with Gasteiger partial charge >= 0.3 is 0 Å². The smallest absolute Gasteiger partial charge is 0.126 e. The maximum absolute atomic E-state index is 9.17. The first kappa shape index (κ1) is 10.6. The highest BCUT2D eigenvalue weighted by Gasteiger charge is 2.09. The quantitative estimate of drug-likeness (QED) is 0.337. The van der Waals surface area contributed by atoms with Gasteiger partial charge in [0.15, 0.2) is 0 Å². The molecule has 0 aliphatic carbocycles. The van der Waals surface area contributed by atoms with Crippen molar-refractivity contribution in [1.29, 1.82) is 0 Å². The lowest BCUT2D eigenvalue weighted by atomic mass is 10.4. The summed E-state index contributed by atoms with van der Waals surface area (Å²) in [6, 6.07) is 0. The average molecular weight is 161 g/mol. The van der Waals surface area contributed by atoms with Crippen molar-refractivity contribution in [2.24, 2.45) is 0 Å². The van der Waals surface area contributed by atoms with E-state index in [0.29, 0.717) is 13.1 Å². The van der Waals surface area contributed by atoms with Crippen LogP contribution < -0.4 is 0 Å². The van der Waals surface area contributed by atoms with Crippen LogP contribution in [0.5, 0.6) is 0 Å². The molecule has 0 amide bonds. The van der Waals surface area contributed by atoms with Crippen LogP contribution in [0.3, 0.4) is 0 Å². The molecule has 0 aliphatic rings. The molecule has 0 rings (SSSR count). The zero-order chi connectivity index (χ0) is 8.69. The van der Waals surface area contributed by atoms with E-state index >= 15 is 0 Å². The summed E-state index contributed by atoms with van der Waals surface area (Å²) >= 11 is 0. The Labute approximate surface area is 66.4 Å². The topological polar surface area (TPSA) is 63.9 Å². The third kappa shape index (κ3) is 4.10. The Morgan fingerprint density at radius 3 is 2.00 bits per heavy atom. The van der Waals surface area contributed by atoms with Crippen molar-refractivity contribution in [2.75, 3.05) is 26.3 Å². The molecule has 3 N–H and O–H groups in total. The summed E-state index contributed by atoms with van der Waals surface area (Å²) in [5, 5.41) is 26.2. The fourth-order valence-electron chi connectivity index (χ4n) is 0.782. The Kier molecular flexibility index (Phi) is 6.06. The SMILES string of the molecule is C=CC(O)N(CCO)CCO. The van der Waals surface area contributed by atoms with Crippen LogP contribution in [0.2, 0.25) is 0 Å². The fraction of sp³-hybridized carbons (Fsp3) is 0.714. The van der Waals surface area contributed by atoms with Gasteiger partial charge in [0.05, 0.1) is 13.2 Å². The first-order valence-electron chi connectivity index (χ1n) is 3.52. The highest BCUT2D eigenvalue weighted by molar-refractivity contribution is 4.78. The van der Waals surface area contributed by atoms with Gasteiger partial charge in [-0.05, 0) is 6.08 Å². The minimum Gasteiger partial charge on any atom is -0.395 e. The van der Waals surface area contributed by atoms with E-state index in [1.807, 2.05) is 0 Å². The molecule has 0 aromatic rings. The van der Waals surface area contributed by atoms with Gasteiger partial charge in [-0.3, -0.25) is 4.90 Å². The molecule has 0 aromatic heterocycles. The van der Waals surface area contributed by atoms with Crippen molar-refractivity contribution in [2.45, 2.75) is 6.23 Å². The second-order valence-electron chi connectivity index (χ2n) is 2.13. The van der Waals surface area contributed by atoms with E-state index in [1.54, 1.807) is 0 Å². The fourth-order valence-corrected chi connectivity index (χ4v) is 0.782. The van der Waals surface area contributed by atoms with Gasteiger partial charge in [0.25, 0.3) is 0 Å². The van der Waals surface area contributed by atoms with Gasteiger partial charge in [-0.15, -0.1) is 0 Å². The summed E-state index contributed by atoms with van der Waals surface area (Å²) in [5.41, 5.74) is 0. The average Bonchev–Trinajstić information content (AvgIpc) is 2.03. The van der Waals surface area contributed by atoms with E-state index in [9.17, 15) is 0 Å². The molecule has 0 aliphatic heterocycles. The Hall–Kier alpha value is -0.420. The monoisotopic (exact) mass is 161 g/mol. The van der Waals surface area contributed by atoms with Gasteiger partial charge in [-0.25, -0.2) is 0 Å². The van der Waals surface area contributed by atoms with Crippen LogP contribution in [-0.2, 0) is 0 Å². The van der Waals surface area contributed by atoms with E-state index < -0.39 is 6.23 Å². The molecule has 0 spiro atoms. The van der Waals surface area contributed by atoms with E-state index in [4.69, 9.17) is 15.3 Å². The molecule has 0 aromatic carbocycles. The first-order chi connectivity index (χ1) is 5.26. The summed E-state index contributed by atoms with van der Waals surface area (Å²) in [7, 11) is 0. The number of aliphatic hydroxyl groups is 3. The van der Waals surface area contributed by atoms with Gasteiger partial charge in [0.2, 0.25) is 0 Å². The molecule has 1 unspecified atom stereocenters. The Bertz CT molecular complexity index is 102. The van der Waals surface area contributed by atoms with Crippen LogP contribution in [-0.4, -0.2) is 52.8 Å². The summed E-state index contributed by atoms with van der Waals surface area (Å²) in [6.45, 7) is 4.00. The van der Waals surface area contributed by atoms with Crippen molar-refractivity contribution < 1.29 is 15.3 Å². The molecule has 1 atom stereocenters. The van der Waals surface area contributed by atoms with Crippen molar-refractivity contribution in [1.82, 2.24) is 4.90 Å². The predicted octanol–water partition coefficient (Wildman–Crippen LogP) is -1.22. The molecular formula is C7H15NO3. The van der Waals surface area contributed by atoms with Crippen molar-refractivity contribution in [3.63, 3.8) is 0 Å². The largest absolute Gasteiger partial charge is 0.395 e. The number of aliphatic hydroxyl groups excluding tert-OH is 3. The highest BCUT2D eigenvalue weighted by Crippen LogP contribution is 1.94. The molecule has 4 nitrogen and oxygen atoms in total. The molecule has 0 bridgehead atoms. The summed E-state index contributed by atoms with van der Waals surface area (Å²) in [5.74, 6) is 0. The minimum absolute atomic E-state index is 0.0368. The lowest BCUT2D eigenvalue weighted by Crippen LogP contribution is -2.37. The van der Waals surface area contributed by atoms with Crippen molar-refractivity contribution >= 4 is 0 Å². The Balaban J connectivity index is 3.75. The van der Waals surface area contributed by atoms with Crippen LogP contribution >= 0.6 is 0 Å². The number of rotatable bonds is 6. The maximum Gasteiger partial charge on any atom is 0.126 e. The zero-order valence-electron chi connectivity index (χ0n) is 6.48. The van der Waals surface area contributed by atoms with Gasteiger partial charge in [0, 0.05) is 13.1 Å². The van der Waals surface area contributed by atoms with Gasteiger partial charge in [0.1, 0.15) is 6.23 Å². The van der Waals surface area contributed by atoms with Crippen LogP contribution in [0.15, 0.2) is 12.7 Å². The molecule has 0 fully saturated rings. The molecule has 0 saturated heterocycles. The van der Waals surface area contributed by atoms with Crippen molar-refractivity contribution in [3.05, 3.63) is 12.7 Å². The first-order valence-corrected chi connectivity index (χ1v) is 3.52. The van der Waals surface area contributed by atoms with E-state index in [1.165, 1.54) is 11.0 Å². The van der Waals surface area contributed by atoms with Gasteiger partial charge in [-0.1, -0.05) is 6.58 Å². The standard InChI is InChI=1S/C7H15NO3/c1-2-7(11)8(3-5-9)4-6-10/h2,7,9-11H,1,3-6H2. The number of nitrogens with zero attached hydrogens (tertiary/aromatic N) is 1. The van der Waals surface area contributed by atoms with Crippen LogP contribution in [0.4, 0.5) is 0 Å². The van der Waals surface area contributed by atoms with Crippen LogP contribution in [0.25, 0.3) is 0 Å². The Morgan fingerprint density at radius 2 is 1.73 bits per heavy atom. The molecule has 0 radical (unpaired) electrons. The molecule has 0 saturated carbocycles. The molecule has 0 heterocycles. The Morgan fingerprint density at radius 1 is 1.27 bits per heavy atom. The van der Waals surface area contributed by atoms with E-state index in [-0.39, 0.29) is 13.2 Å².